The van der Waals surface area contributed by atoms with Gasteiger partial charge in [0, 0.05) is 17.5 Å². The van der Waals surface area contributed by atoms with Crippen molar-refractivity contribution in [2.24, 2.45) is 0 Å². The minimum absolute atomic E-state index is 0.294. The third-order valence-corrected chi connectivity index (χ3v) is 4.59. The monoisotopic (exact) mass is 462 g/mol. The lowest BCUT2D eigenvalue weighted by Crippen LogP contribution is -2.05. The SMILES string of the molecule is CCOc1cc(/C=C2/C=C(c3ccc(Cl)cc3)OC2=O)cc(Br)c1OC(C)=O. The van der Waals surface area contributed by atoms with Gasteiger partial charge in [0.2, 0.25) is 0 Å². The third kappa shape index (κ3) is 4.64. The summed E-state index contributed by atoms with van der Waals surface area (Å²) >= 11 is 9.28. The first-order valence-electron chi connectivity index (χ1n) is 8.43. The zero-order valence-corrected chi connectivity index (χ0v) is 17.5. The predicted octanol–water partition coefficient (Wildman–Crippen LogP) is 5.41. The van der Waals surface area contributed by atoms with Crippen LogP contribution in [0.4, 0.5) is 0 Å². The Morgan fingerprint density at radius 3 is 2.61 bits per heavy atom. The molecule has 7 heteroatoms. The van der Waals surface area contributed by atoms with Crippen molar-refractivity contribution in [3.63, 3.8) is 0 Å². The van der Waals surface area contributed by atoms with E-state index in [4.69, 9.17) is 25.8 Å². The molecule has 0 unspecified atom stereocenters. The fourth-order valence-electron chi connectivity index (χ4n) is 2.60. The Morgan fingerprint density at radius 1 is 1.25 bits per heavy atom. The first-order valence-corrected chi connectivity index (χ1v) is 9.60. The lowest BCUT2D eigenvalue weighted by atomic mass is 10.1. The van der Waals surface area contributed by atoms with Crippen LogP contribution < -0.4 is 9.47 Å². The highest BCUT2D eigenvalue weighted by atomic mass is 79.9. The molecule has 0 aromatic heterocycles. The Bertz CT molecular complexity index is 993. The van der Waals surface area contributed by atoms with Crippen LogP contribution in [0.15, 0.2) is 52.5 Å². The van der Waals surface area contributed by atoms with Gasteiger partial charge in [-0.05, 0) is 77.0 Å². The Hall–Kier alpha value is -2.57. The minimum atomic E-state index is -0.456. The van der Waals surface area contributed by atoms with Gasteiger partial charge in [0.15, 0.2) is 11.5 Å². The van der Waals surface area contributed by atoms with Crippen molar-refractivity contribution >= 4 is 51.3 Å². The summed E-state index contributed by atoms with van der Waals surface area (Å²) in [6.07, 6.45) is 3.34. The number of carbonyl (C=O) groups is 2. The fourth-order valence-corrected chi connectivity index (χ4v) is 3.27. The Morgan fingerprint density at radius 2 is 1.96 bits per heavy atom. The van der Waals surface area contributed by atoms with Gasteiger partial charge in [-0.15, -0.1) is 0 Å². The maximum Gasteiger partial charge on any atom is 0.343 e. The fraction of sp³-hybridized carbons (Fsp3) is 0.143. The van der Waals surface area contributed by atoms with E-state index in [0.717, 1.165) is 5.56 Å². The number of hydrogen-bond acceptors (Lipinski definition) is 5. The Labute approximate surface area is 175 Å². The Balaban J connectivity index is 1.96. The molecular weight excluding hydrogens is 448 g/mol. The first-order chi connectivity index (χ1) is 13.4. The molecule has 5 nitrogen and oxygen atoms in total. The lowest BCUT2D eigenvalue weighted by molar-refractivity contribution is -0.132. The predicted molar refractivity (Wildman–Crippen MR) is 110 cm³/mol. The van der Waals surface area contributed by atoms with Crippen LogP contribution in [0.1, 0.15) is 25.0 Å². The Kier molecular flexibility index (Phi) is 6.21. The highest BCUT2D eigenvalue weighted by Crippen LogP contribution is 2.38. The minimum Gasteiger partial charge on any atom is -0.490 e. The van der Waals surface area contributed by atoms with Gasteiger partial charge >= 0.3 is 11.9 Å². The molecule has 0 atom stereocenters. The largest absolute Gasteiger partial charge is 0.490 e. The third-order valence-electron chi connectivity index (χ3n) is 3.75. The highest BCUT2D eigenvalue weighted by Gasteiger charge is 2.22. The zero-order valence-electron chi connectivity index (χ0n) is 15.1. The van der Waals surface area contributed by atoms with E-state index in [0.29, 0.717) is 44.5 Å². The van der Waals surface area contributed by atoms with Crippen LogP contribution in [0.5, 0.6) is 11.5 Å². The molecule has 0 amide bonds. The van der Waals surface area contributed by atoms with E-state index in [-0.39, 0.29) is 0 Å². The van der Waals surface area contributed by atoms with E-state index in [1.165, 1.54) is 6.92 Å². The van der Waals surface area contributed by atoms with Gasteiger partial charge in [0.25, 0.3) is 0 Å². The van der Waals surface area contributed by atoms with E-state index >= 15 is 0 Å². The number of esters is 2. The summed E-state index contributed by atoms with van der Waals surface area (Å²) in [6, 6.07) is 10.4. The molecule has 1 heterocycles. The van der Waals surface area contributed by atoms with Gasteiger partial charge in [0.05, 0.1) is 16.7 Å². The molecule has 28 heavy (non-hydrogen) atoms. The van der Waals surface area contributed by atoms with Crippen LogP contribution >= 0.6 is 27.5 Å². The van der Waals surface area contributed by atoms with Crippen molar-refractivity contribution in [3.05, 3.63) is 68.7 Å². The summed E-state index contributed by atoms with van der Waals surface area (Å²) in [5.74, 6) is 0.231. The van der Waals surface area contributed by atoms with Crippen molar-refractivity contribution in [3.8, 4) is 11.5 Å². The summed E-state index contributed by atoms with van der Waals surface area (Å²) in [5, 5.41) is 0.602. The summed E-state index contributed by atoms with van der Waals surface area (Å²) in [5.41, 5.74) is 1.83. The van der Waals surface area contributed by atoms with Crippen molar-refractivity contribution < 1.29 is 23.8 Å². The van der Waals surface area contributed by atoms with Crippen LogP contribution in [0.25, 0.3) is 11.8 Å². The molecule has 144 valence electrons. The average molecular weight is 464 g/mol. The number of cyclic esters (lactones) is 1. The second-order valence-electron chi connectivity index (χ2n) is 5.86. The number of carbonyl (C=O) groups excluding carboxylic acids is 2. The van der Waals surface area contributed by atoms with Crippen molar-refractivity contribution in [1.29, 1.82) is 0 Å². The average Bonchev–Trinajstić information content (AvgIpc) is 2.99. The molecule has 0 saturated heterocycles. The molecular formula is C21H16BrClO5. The van der Waals surface area contributed by atoms with E-state index in [1.807, 2.05) is 6.92 Å². The molecule has 0 N–H and O–H groups in total. The number of hydrogen-bond donors (Lipinski definition) is 0. The molecule has 0 saturated carbocycles. The second kappa shape index (κ2) is 8.63. The summed E-state index contributed by atoms with van der Waals surface area (Å²) in [7, 11) is 0. The van der Waals surface area contributed by atoms with Gasteiger partial charge < -0.3 is 14.2 Å². The van der Waals surface area contributed by atoms with E-state index < -0.39 is 11.9 Å². The van der Waals surface area contributed by atoms with Crippen LogP contribution in [-0.4, -0.2) is 18.5 Å². The van der Waals surface area contributed by atoms with Gasteiger partial charge in [-0.1, -0.05) is 11.6 Å². The first kappa shape index (κ1) is 20.2. The van der Waals surface area contributed by atoms with Crippen LogP contribution in [-0.2, 0) is 14.3 Å². The van der Waals surface area contributed by atoms with Gasteiger partial charge in [0.1, 0.15) is 5.76 Å². The van der Waals surface area contributed by atoms with Gasteiger partial charge in [-0.25, -0.2) is 4.79 Å². The smallest absolute Gasteiger partial charge is 0.343 e. The number of ether oxygens (including phenoxy) is 3. The molecule has 2 aromatic rings. The normalized spacial score (nSPS) is 14.6. The van der Waals surface area contributed by atoms with Crippen LogP contribution in [0.2, 0.25) is 5.02 Å². The number of halogens is 2. The van der Waals surface area contributed by atoms with E-state index in [2.05, 4.69) is 15.9 Å². The number of benzene rings is 2. The maximum absolute atomic E-state index is 12.3. The summed E-state index contributed by atoms with van der Waals surface area (Å²) < 4.78 is 16.7. The lowest BCUT2D eigenvalue weighted by Gasteiger charge is -2.12. The molecule has 0 aliphatic carbocycles. The van der Waals surface area contributed by atoms with Crippen LogP contribution in [0.3, 0.4) is 0 Å². The summed E-state index contributed by atoms with van der Waals surface area (Å²) in [4.78, 5) is 23.6. The van der Waals surface area contributed by atoms with E-state index in [9.17, 15) is 9.59 Å². The molecule has 1 aliphatic rings. The summed E-state index contributed by atoms with van der Waals surface area (Å²) in [6.45, 7) is 3.53. The van der Waals surface area contributed by atoms with E-state index in [1.54, 1.807) is 48.6 Å². The molecule has 0 fully saturated rings. The van der Waals surface area contributed by atoms with Crippen molar-refractivity contribution in [2.75, 3.05) is 6.61 Å². The topological polar surface area (TPSA) is 61.8 Å². The molecule has 0 bridgehead atoms. The van der Waals surface area contributed by atoms with Crippen molar-refractivity contribution in [1.82, 2.24) is 0 Å². The molecule has 0 spiro atoms. The number of rotatable bonds is 5. The molecule has 0 radical (unpaired) electrons. The van der Waals surface area contributed by atoms with Gasteiger partial charge in [-0.3, -0.25) is 4.79 Å². The van der Waals surface area contributed by atoms with Gasteiger partial charge in [-0.2, -0.15) is 0 Å². The molecule has 1 aliphatic heterocycles. The van der Waals surface area contributed by atoms with Crippen LogP contribution in [0, 0.1) is 0 Å². The maximum atomic E-state index is 12.3. The standard InChI is InChI=1S/C21H16BrClO5/c1-3-26-19-10-13(9-17(22)20(19)27-12(2)24)8-15-11-18(28-21(15)25)14-4-6-16(23)7-5-14/h4-11H,3H2,1-2H3/b15-8-. The van der Waals surface area contributed by atoms with Crippen molar-refractivity contribution in [2.45, 2.75) is 13.8 Å². The molecule has 3 rings (SSSR count). The molecule has 2 aromatic carbocycles. The quantitative estimate of drug-likeness (QED) is 0.337. The highest BCUT2D eigenvalue weighted by molar-refractivity contribution is 9.10. The zero-order chi connectivity index (χ0) is 20.3. The second-order valence-corrected chi connectivity index (χ2v) is 7.15.